The minimum atomic E-state index is 0.306. The monoisotopic (exact) mass is 115 g/mol. The van der Waals surface area contributed by atoms with E-state index in [2.05, 4.69) is 0 Å². The molecule has 0 amide bonds. The first-order valence-corrected chi connectivity index (χ1v) is 3.09. The fourth-order valence-corrected chi connectivity index (χ4v) is 0.853. The molecule has 0 aromatic rings. The Hall–Kier alpha value is -0.0800. The fourth-order valence-electron chi connectivity index (χ4n) is 0.853. The van der Waals surface area contributed by atoms with Gasteiger partial charge in [0.1, 0.15) is 0 Å². The Morgan fingerprint density at radius 3 is 2.75 bits per heavy atom. The first-order valence-electron chi connectivity index (χ1n) is 3.09. The third kappa shape index (κ3) is 1.46. The number of nitrogens with two attached hydrogens (primary N) is 1. The molecule has 0 saturated heterocycles. The van der Waals surface area contributed by atoms with Gasteiger partial charge >= 0.3 is 0 Å². The minimum Gasteiger partial charge on any atom is -0.383 e. The number of methoxy groups -OCH3 is 1. The van der Waals surface area contributed by atoms with Gasteiger partial charge in [0.05, 0.1) is 6.61 Å². The van der Waals surface area contributed by atoms with Gasteiger partial charge in [-0.1, -0.05) is 0 Å². The highest BCUT2D eigenvalue weighted by Crippen LogP contribution is 2.31. The lowest BCUT2D eigenvalue weighted by molar-refractivity contribution is 0.173. The summed E-state index contributed by atoms with van der Waals surface area (Å²) < 4.78 is 4.88. The predicted octanol–water partition coefficient (Wildman–Crippen LogP) is 0.370. The van der Waals surface area contributed by atoms with Crippen LogP contribution in [0.4, 0.5) is 0 Å². The maximum absolute atomic E-state index is 5.66. The van der Waals surface area contributed by atoms with Gasteiger partial charge in [-0.2, -0.15) is 0 Å². The lowest BCUT2D eigenvalue weighted by Gasteiger charge is -2.06. The second kappa shape index (κ2) is 2.46. The number of hydrogen-bond donors (Lipinski definition) is 1. The van der Waals surface area contributed by atoms with E-state index in [0.29, 0.717) is 6.04 Å². The van der Waals surface area contributed by atoms with Gasteiger partial charge in [0.15, 0.2) is 0 Å². The Morgan fingerprint density at radius 1 is 1.75 bits per heavy atom. The molecule has 0 unspecified atom stereocenters. The average molecular weight is 115 g/mol. The quantitative estimate of drug-likeness (QED) is 0.576. The topological polar surface area (TPSA) is 35.2 Å². The molecule has 0 aromatic heterocycles. The maximum Gasteiger partial charge on any atom is 0.0616 e. The highest BCUT2D eigenvalue weighted by Gasteiger charge is 2.27. The van der Waals surface area contributed by atoms with Crippen molar-refractivity contribution in [2.75, 3.05) is 13.7 Å². The molecule has 1 fully saturated rings. The van der Waals surface area contributed by atoms with Crippen LogP contribution in [-0.2, 0) is 4.74 Å². The molecule has 0 radical (unpaired) electrons. The van der Waals surface area contributed by atoms with Crippen LogP contribution in [0.1, 0.15) is 12.8 Å². The summed E-state index contributed by atoms with van der Waals surface area (Å²) in [6.45, 7) is 0.727. The van der Waals surface area contributed by atoms with Crippen molar-refractivity contribution in [1.29, 1.82) is 0 Å². The Morgan fingerprint density at radius 2 is 2.38 bits per heavy atom. The van der Waals surface area contributed by atoms with Crippen LogP contribution in [-0.4, -0.2) is 19.8 Å². The molecule has 0 aromatic carbocycles. The first-order chi connectivity index (χ1) is 3.84. The van der Waals surface area contributed by atoms with Crippen molar-refractivity contribution in [3.8, 4) is 0 Å². The molecule has 2 nitrogen and oxygen atoms in total. The van der Waals surface area contributed by atoms with Crippen LogP contribution < -0.4 is 5.73 Å². The number of hydrogen-bond acceptors (Lipinski definition) is 2. The molecule has 1 aliphatic rings. The van der Waals surface area contributed by atoms with Crippen LogP contribution in [0.5, 0.6) is 0 Å². The second-order valence-electron chi connectivity index (χ2n) is 2.46. The van der Waals surface area contributed by atoms with Crippen LogP contribution in [0.25, 0.3) is 0 Å². The zero-order valence-corrected chi connectivity index (χ0v) is 5.26. The molecule has 1 saturated carbocycles. The van der Waals surface area contributed by atoms with E-state index in [1.54, 1.807) is 7.11 Å². The highest BCUT2D eigenvalue weighted by atomic mass is 16.5. The van der Waals surface area contributed by atoms with E-state index < -0.39 is 0 Å². The maximum atomic E-state index is 5.66. The van der Waals surface area contributed by atoms with Crippen molar-refractivity contribution in [1.82, 2.24) is 0 Å². The molecular weight excluding hydrogens is 102 g/mol. The van der Waals surface area contributed by atoms with Crippen LogP contribution in [0, 0.1) is 5.92 Å². The molecule has 0 heterocycles. The Balaban J connectivity index is 2.03. The summed E-state index contributed by atoms with van der Waals surface area (Å²) >= 11 is 0. The molecule has 1 atom stereocenters. The van der Waals surface area contributed by atoms with E-state index in [1.165, 1.54) is 12.8 Å². The van der Waals surface area contributed by atoms with Gasteiger partial charge < -0.3 is 10.5 Å². The molecule has 2 N–H and O–H groups in total. The van der Waals surface area contributed by atoms with E-state index in [0.717, 1.165) is 12.5 Å². The van der Waals surface area contributed by atoms with Crippen molar-refractivity contribution in [3.05, 3.63) is 0 Å². The zero-order valence-electron chi connectivity index (χ0n) is 5.26. The van der Waals surface area contributed by atoms with Gasteiger partial charge in [0, 0.05) is 13.2 Å². The highest BCUT2D eigenvalue weighted by molar-refractivity contribution is 4.83. The molecule has 0 bridgehead atoms. The van der Waals surface area contributed by atoms with Gasteiger partial charge in [0.25, 0.3) is 0 Å². The summed E-state index contributed by atoms with van der Waals surface area (Å²) in [7, 11) is 1.70. The van der Waals surface area contributed by atoms with E-state index in [4.69, 9.17) is 10.5 Å². The summed E-state index contributed by atoms with van der Waals surface area (Å²) in [4.78, 5) is 0. The van der Waals surface area contributed by atoms with Gasteiger partial charge in [0.2, 0.25) is 0 Å². The first kappa shape index (κ1) is 6.05. The van der Waals surface area contributed by atoms with Crippen molar-refractivity contribution in [2.24, 2.45) is 11.7 Å². The van der Waals surface area contributed by atoms with Crippen molar-refractivity contribution >= 4 is 0 Å². The molecule has 1 rings (SSSR count). The molecule has 48 valence electrons. The Bertz CT molecular complexity index is 70.9. The van der Waals surface area contributed by atoms with Crippen molar-refractivity contribution in [2.45, 2.75) is 18.9 Å². The van der Waals surface area contributed by atoms with Gasteiger partial charge in [-0.25, -0.2) is 0 Å². The SMILES string of the molecule is COC[C@@H](N)C1CC1. The third-order valence-corrected chi connectivity index (χ3v) is 1.59. The van der Waals surface area contributed by atoms with Crippen LogP contribution in [0.3, 0.4) is 0 Å². The lowest BCUT2D eigenvalue weighted by Crippen LogP contribution is -2.27. The Labute approximate surface area is 50.0 Å². The normalized spacial score (nSPS) is 23.2. The smallest absolute Gasteiger partial charge is 0.0616 e. The molecule has 0 spiro atoms. The number of ether oxygens (including phenoxy) is 1. The van der Waals surface area contributed by atoms with Crippen LogP contribution >= 0.6 is 0 Å². The van der Waals surface area contributed by atoms with Gasteiger partial charge in [-0.05, 0) is 18.8 Å². The second-order valence-corrected chi connectivity index (χ2v) is 2.46. The van der Waals surface area contributed by atoms with Crippen LogP contribution in [0.15, 0.2) is 0 Å². The number of rotatable bonds is 3. The van der Waals surface area contributed by atoms with Gasteiger partial charge in [-0.3, -0.25) is 0 Å². The average Bonchev–Trinajstić information content (AvgIpc) is 2.45. The largest absolute Gasteiger partial charge is 0.383 e. The van der Waals surface area contributed by atoms with E-state index >= 15 is 0 Å². The van der Waals surface area contributed by atoms with E-state index in [1.807, 2.05) is 0 Å². The molecular formula is C6H13NO. The summed E-state index contributed by atoms with van der Waals surface area (Å²) in [5.74, 6) is 0.773. The lowest BCUT2D eigenvalue weighted by atomic mass is 10.2. The van der Waals surface area contributed by atoms with E-state index in [9.17, 15) is 0 Å². The fraction of sp³-hybridized carbons (Fsp3) is 1.00. The summed E-state index contributed by atoms with van der Waals surface area (Å²) in [6.07, 6.45) is 2.62. The zero-order chi connectivity index (χ0) is 5.98. The molecule has 1 aliphatic carbocycles. The van der Waals surface area contributed by atoms with E-state index in [-0.39, 0.29) is 0 Å². The Kier molecular flexibility index (Phi) is 1.86. The summed E-state index contributed by atoms with van der Waals surface area (Å²) in [6, 6.07) is 0.306. The summed E-state index contributed by atoms with van der Waals surface area (Å²) in [5, 5.41) is 0. The molecule has 2 heteroatoms. The van der Waals surface area contributed by atoms with Crippen LogP contribution in [0.2, 0.25) is 0 Å². The summed E-state index contributed by atoms with van der Waals surface area (Å²) in [5.41, 5.74) is 5.66. The van der Waals surface area contributed by atoms with Crippen molar-refractivity contribution < 1.29 is 4.74 Å². The van der Waals surface area contributed by atoms with Crippen molar-refractivity contribution in [3.63, 3.8) is 0 Å². The minimum absolute atomic E-state index is 0.306. The standard InChI is InChI=1S/C6H13NO/c1-8-4-6(7)5-2-3-5/h5-6H,2-4,7H2,1H3/t6-/m1/s1. The predicted molar refractivity (Wildman–Crippen MR) is 32.6 cm³/mol. The molecule has 8 heavy (non-hydrogen) atoms. The third-order valence-electron chi connectivity index (χ3n) is 1.59. The molecule has 0 aliphatic heterocycles. The van der Waals surface area contributed by atoms with Gasteiger partial charge in [-0.15, -0.1) is 0 Å².